The Morgan fingerprint density at radius 2 is 1.33 bits per heavy atom. The molecule has 2 atom stereocenters. The number of nitrogens with one attached hydrogen (secondary N) is 1. The number of unbranched alkanes of at least 4 members (excludes halogenated alkanes) is 9. The van der Waals surface area contributed by atoms with Gasteiger partial charge in [0.05, 0.1) is 19.1 Å². The van der Waals surface area contributed by atoms with Crippen molar-refractivity contribution in [3.63, 3.8) is 0 Å². The molecule has 21 heavy (non-hydrogen) atoms. The van der Waals surface area contributed by atoms with E-state index in [4.69, 9.17) is 0 Å². The zero-order valence-corrected chi connectivity index (χ0v) is 14.8. The Morgan fingerprint density at radius 3 is 1.95 bits per heavy atom. The van der Waals surface area contributed by atoms with Crippen LogP contribution in [0.15, 0.2) is 0 Å². The van der Waals surface area contributed by atoms with Gasteiger partial charge in [-0.3, -0.25) is 0 Å². The molecule has 0 amide bonds. The van der Waals surface area contributed by atoms with Crippen molar-refractivity contribution in [3.8, 4) is 0 Å². The predicted octanol–water partition coefficient (Wildman–Crippen LogP) is 1.76. The van der Waals surface area contributed by atoms with Gasteiger partial charge in [0.15, 0.2) is 0 Å². The van der Waals surface area contributed by atoms with Gasteiger partial charge in [-0.1, -0.05) is 65.2 Å². The normalized spacial score (nSPS) is 21.4. The van der Waals surface area contributed by atoms with Crippen molar-refractivity contribution in [1.29, 1.82) is 0 Å². The fraction of sp³-hybridized carbons (Fsp3) is 1.00. The first kappa shape index (κ1) is 20.9. The van der Waals surface area contributed by atoms with Crippen molar-refractivity contribution in [2.45, 2.75) is 110 Å². The predicted molar refractivity (Wildman–Crippen MR) is 90.5 cm³/mol. The molecule has 1 fully saturated rings. The summed E-state index contributed by atoms with van der Waals surface area (Å²) in [7, 11) is 0. The van der Waals surface area contributed by atoms with Crippen LogP contribution in [0, 0.1) is 0 Å². The molecule has 1 heterocycles. The Bertz CT molecular complexity index is 208. The van der Waals surface area contributed by atoms with E-state index in [0.29, 0.717) is 0 Å². The number of likely N-dealkylation sites (tertiary alicyclic amines) is 1. The molecular formula is C19H40FN. The SMILES string of the molecule is CCCCCCCCCCC[NH+]1CCCC1CCCC.[F-]. The first-order valence-electron chi connectivity index (χ1n) is 9.73. The van der Waals surface area contributed by atoms with Gasteiger partial charge in [-0.15, -0.1) is 0 Å². The Hall–Kier alpha value is -0.110. The van der Waals surface area contributed by atoms with Gasteiger partial charge in [0.1, 0.15) is 0 Å². The Labute approximate surface area is 133 Å². The first-order valence-corrected chi connectivity index (χ1v) is 9.73. The molecule has 0 aromatic carbocycles. The first-order chi connectivity index (χ1) is 9.88. The molecule has 1 aliphatic rings. The fourth-order valence-corrected chi connectivity index (χ4v) is 3.77. The van der Waals surface area contributed by atoms with E-state index in [1.807, 2.05) is 4.90 Å². The lowest BCUT2D eigenvalue weighted by Crippen LogP contribution is -3.13. The third-order valence-electron chi connectivity index (χ3n) is 5.14. The summed E-state index contributed by atoms with van der Waals surface area (Å²) >= 11 is 0. The van der Waals surface area contributed by atoms with E-state index in [9.17, 15) is 0 Å². The van der Waals surface area contributed by atoms with Crippen LogP contribution in [0.5, 0.6) is 0 Å². The summed E-state index contributed by atoms with van der Waals surface area (Å²) in [6, 6.07) is 1.02. The van der Waals surface area contributed by atoms with Crippen LogP contribution in [0.1, 0.15) is 104 Å². The lowest BCUT2D eigenvalue weighted by atomic mass is 10.1. The van der Waals surface area contributed by atoms with Crippen LogP contribution in [-0.2, 0) is 0 Å². The van der Waals surface area contributed by atoms with Crippen LogP contribution < -0.4 is 9.60 Å². The van der Waals surface area contributed by atoms with Gasteiger partial charge < -0.3 is 9.60 Å². The van der Waals surface area contributed by atoms with Crippen molar-refractivity contribution in [3.05, 3.63) is 0 Å². The van der Waals surface area contributed by atoms with Crippen LogP contribution >= 0.6 is 0 Å². The van der Waals surface area contributed by atoms with Crippen molar-refractivity contribution >= 4 is 0 Å². The summed E-state index contributed by atoms with van der Waals surface area (Å²) in [5.41, 5.74) is 0. The molecule has 0 aromatic heterocycles. The lowest BCUT2D eigenvalue weighted by Gasteiger charge is -2.21. The third-order valence-corrected chi connectivity index (χ3v) is 5.14. The van der Waals surface area contributed by atoms with E-state index in [1.54, 1.807) is 0 Å². The van der Waals surface area contributed by atoms with Crippen molar-refractivity contribution in [2.24, 2.45) is 0 Å². The topological polar surface area (TPSA) is 4.44 Å². The van der Waals surface area contributed by atoms with Crippen LogP contribution in [0.3, 0.4) is 0 Å². The van der Waals surface area contributed by atoms with E-state index < -0.39 is 0 Å². The second kappa shape index (κ2) is 14.8. The minimum atomic E-state index is 0. The van der Waals surface area contributed by atoms with Crippen LogP contribution in [0.4, 0.5) is 0 Å². The van der Waals surface area contributed by atoms with E-state index in [1.165, 1.54) is 103 Å². The molecular weight excluding hydrogens is 261 g/mol. The highest BCUT2D eigenvalue weighted by molar-refractivity contribution is 4.62. The summed E-state index contributed by atoms with van der Waals surface area (Å²) in [6.07, 6.45) is 20.5. The largest absolute Gasteiger partial charge is 1.00 e. The highest BCUT2D eigenvalue weighted by Crippen LogP contribution is 2.10. The molecule has 2 heteroatoms. The van der Waals surface area contributed by atoms with Gasteiger partial charge in [-0.05, 0) is 25.7 Å². The van der Waals surface area contributed by atoms with E-state index in [0.717, 1.165) is 6.04 Å². The summed E-state index contributed by atoms with van der Waals surface area (Å²) in [6.45, 7) is 7.55. The Balaban J connectivity index is 0.00000400. The molecule has 1 aliphatic heterocycles. The van der Waals surface area contributed by atoms with Crippen molar-refractivity contribution < 1.29 is 9.60 Å². The lowest BCUT2D eigenvalue weighted by molar-refractivity contribution is -0.912. The van der Waals surface area contributed by atoms with Gasteiger partial charge in [-0.25, -0.2) is 0 Å². The molecule has 0 aromatic rings. The van der Waals surface area contributed by atoms with Crippen molar-refractivity contribution in [2.75, 3.05) is 13.1 Å². The highest BCUT2D eigenvalue weighted by atomic mass is 19.0. The molecule has 1 saturated heterocycles. The second-order valence-corrected chi connectivity index (χ2v) is 6.97. The minimum absolute atomic E-state index is 0. The average Bonchev–Trinajstić information content (AvgIpc) is 2.91. The standard InChI is InChI=1S/C19H39N.FH/c1-3-5-7-8-9-10-11-12-13-17-20-18-14-16-19(20)15-6-4-2;/h19H,3-18H2,1-2H3;1H. The van der Waals surface area contributed by atoms with Crippen LogP contribution in [0.25, 0.3) is 0 Å². The maximum absolute atomic E-state index is 2.33. The van der Waals surface area contributed by atoms with E-state index >= 15 is 0 Å². The molecule has 1 N–H and O–H groups in total. The minimum Gasteiger partial charge on any atom is -1.00 e. The molecule has 0 aliphatic carbocycles. The van der Waals surface area contributed by atoms with E-state index in [2.05, 4.69) is 13.8 Å². The van der Waals surface area contributed by atoms with Crippen molar-refractivity contribution in [1.82, 2.24) is 0 Å². The maximum atomic E-state index is 2.33. The Kier molecular flexibility index (Phi) is 14.7. The fourth-order valence-electron chi connectivity index (χ4n) is 3.77. The molecule has 1 rings (SSSR count). The number of hydrogen-bond donors (Lipinski definition) is 1. The molecule has 0 bridgehead atoms. The number of rotatable bonds is 13. The van der Waals surface area contributed by atoms with Crippen LogP contribution in [0.2, 0.25) is 0 Å². The summed E-state index contributed by atoms with van der Waals surface area (Å²) in [4.78, 5) is 1.95. The zero-order chi connectivity index (χ0) is 14.5. The smallest absolute Gasteiger partial charge is 0.0876 e. The van der Waals surface area contributed by atoms with Gasteiger partial charge in [0.25, 0.3) is 0 Å². The maximum Gasteiger partial charge on any atom is 0.0876 e. The zero-order valence-electron chi connectivity index (χ0n) is 14.8. The summed E-state index contributed by atoms with van der Waals surface area (Å²) in [5, 5.41) is 0. The van der Waals surface area contributed by atoms with Crippen LogP contribution in [-0.4, -0.2) is 19.1 Å². The third kappa shape index (κ3) is 10.3. The molecule has 1 nitrogen and oxygen atoms in total. The molecule has 0 saturated carbocycles. The summed E-state index contributed by atoms with van der Waals surface area (Å²) < 4.78 is 0. The number of quaternary nitrogens is 1. The second-order valence-electron chi connectivity index (χ2n) is 6.97. The number of hydrogen-bond acceptors (Lipinski definition) is 0. The molecule has 128 valence electrons. The average molecular weight is 302 g/mol. The van der Waals surface area contributed by atoms with Gasteiger partial charge in [-0.2, -0.15) is 0 Å². The summed E-state index contributed by atoms with van der Waals surface area (Å²) in [5.74, 6) is 0. The van der Waals surface area contributed by atoms with Gasteiger partial charge >= 0.3 is 0 Å². The molecule has 2 unspecified atom stereocenters. The van der Waals surface area contributed by atoms with Gasteiger partial charge in [0, 0.05) is 12.8 Å². The van der Waals surface area contributed by atoms with Gasteiger partial charge in [0.2, 0.25) is 0 Å². The quantitative estimate of drug-likeness (QED) is 0.495. The highest BCUT2D eigenvalue weighted by Gasteiger charge is 2.26. The Morgan fingerprint density at radius 1 is 0.762 bits per heavy atom. The monoisotopic (exact) mass is 301 g/mol. The molecule has 0 spiro atoms. The molecule has 0 radical (unpaired) electrons. The van der Waals surface area contributed by atoms with E-state index in [-0.39, 0.29) is 4.70 Å². The number of halogens is 1.